The SMILES string of the molecule is CCN(CC)Cc1ccc(CNC(=O)c2cnccn2)cc1. The van der Waals surface area contributed by atoms with Crippen molar-refractivity contribution >= 4 is 5.91 Å². The van der Waals surface area contributed by atoms with E-state index in [4.69, 9.17) is 0 Å². The number of nitrogens with one attached hydrogen (secondary N) is 1. The first-order chi connectivity index (χ1) is 10.7. The minimum Gasteiger partial charge on any atom is -0.347 e. The lowest BCUT2D eigenvalue weighted by Crippen LogP contribution is -2.24. The van der Waals surface area contributed by atoms with E-state index in [2.05, 4.69) is 58.3 Å². The van der Waals surface area contributed by atoms with E-state index in [9.17, 15) is 4.79 Å². The predicted molar refractivity (Wildman–Crippen MR) is 86.3 cm³/mol. The fourth-order valence-electron chi connectivity index (χ4n) is 2.16. The Balaban J connectivity index is 1.87. The summed E-state index contributed by atoms with van der Waals surface area (Å²) in [6.07, 6.45) is 4.52. The van der Waals surface area contributed by atoms with Crippen molar-refractivity contribution in [1.82, 2.24) is 20.2 Å². The molecule has 116 valence electrons. The van der Waals surface area contributed by atoms with E-state index in [0.29, 0.717) is 12.2 Å². The monoisotopic (exact) mass is 298 g/mol. The molecule has 0 aliphatic rings. The maximum absolute atomic E-state index is 11.9. The molecule has 0 bridgehead atoms. The predicted octanol–water partition coefficient (Wildman–Crippen LogP) is 2.25. The van der Waals surface area contributed by atoms with Gasteiger partial charge in [-0.2, -0.15) is 0 Å². The zero-order valence-electron chi connectivity index (χ0n) is 13.1. The number of amides is 1. The summed E-state index contributed by atoms with van der Waals surface area (Å²) in [5, 5.41) is 2.85. The van der Waals surface area contributed by atoms with Gasteiger partial charge in [-0.25, -0.2) is 4.98 Å². The van der Waals surface area contributed by atoms with Crippen LogP contribution in [0.1, 0.15) is 35.5 Å². The van der Waals surface area contributed by atoms with E-state index in [-0.39, 0.29) is 5.91 Å². The molecule has 1 N–H and O–H groups in total. The van der Waals surface area contributed by atoms with Crippen LogP contribution < -0.4 is 5.32 Å². The zero-order chi connectivity index (χ0) is 15.8. The quantitative estimate of drug-likeness (QED) is 0.852. The molecule has 22 heavy (non-hydrogen) atoms. The second-order valence-electron chi connectivity index (χ2n) is 5.05. The van der Waals surface area contributed by atoms with Crippen molar-refractivity contribution < 1.29 is 4.79 Å². The number of hydrogen-bond acceptors (Lipinski definition) is 4. The number of nitrogens with zero attached hydrogens (tertiary/aromatic N) is 3. The molecule has 2 aromatic rings. The van der Waals surface area contributed by atoms with Crippen molar-refractivity contribution in [2.45, 2.75) is 26.9 Å². The normalized spacial score (nSPS) is 10.7. The summed E-state index contributed by atoms with van der Waals surface area (Å²) in [5.41, 5.74) is 2.69. The van der Waals surface area contributed by atoms with Gasteiger partial charge in [0.2, 0.25) is 0 Å². The first kappa shape index (κ1) is 16.1. The Morgan fingerprint density at radius 3 is 2.36 bits per heavy atom. The smallest absolute Gasteiger partial charge is 0.271 e. The Labute approximate surface area is 131 Å². The topological polar surface area (TPSA) is 58.1 Å². The molecular weight excluding hydrogens is 276 g/mol. The van der Waals surface area contributed by atoms with Gasteiger partial charge < -0.3 is 5.32 Å². The van der Waals surface area contributed by atoms with Gasteiger partial charge in [-0.1, -0.05) is 38.1 Å². The molecule has 1 aromatic carbocycles. The van der Waals surface area contributed by atoms with Crippen LogP contribution in [0, 0.1) is 0 Å². The molecule has 1 heterocycles. The van der Waals surface area contributed by atoms with Crippen LogP contribution in [0.25, 0.3) is 0 Å². The standard InChI is InChI=1S/C17H22N4O/c1-3-21(4-2)13-15-7-5-14(6-8-15)11-20-17(22)16-12-18-9-10-19-16/h5-10,12H,3-4,11,13H2,1-2H3,(H,20,22). The van der Waals surface area contributed by atoms with Crippen LogP contribution in [-0.2, 0) is 13.1 Å². The summed E-state index contributed by atoms with van der Waals surface area (Å²) in [7, 11) is 0. The second-order valence-corrected chi connectivity index (χ2v) is 5.05. The van der Waals surface area contributed by atoms with Crippen LogP contribution in [0.2, 0.25) is 0 Å². The van der Waals surface area contributed by atoms with Crippen molar-refractivity contribution in [2.75, 3.05) is 13.1 Å². The molecule has 0 saturated carbocycles. The lowest BCUT2D eigenvalue weighted by atomic mass is 10.1. The van der Waals surface area contributed by atoms with Crippen LogP contribution in [0.3, 0.4) is 0 Å². The largest absolute Gasteiger partial charge is 0.347 e. The van der Waals surface area contributed by atoms with Gasteiger partial charge in [-0.15, -0.1) is 0 Å². The van der Waals surface area contributed by atoms with E-state index in [1.807, 2.05) is 0 Å². The third kappa shape index (κ3) is 4.63. The van der Waals surface area contributed by atoms with Gasteiger partial charge in [-0.05, 0) is 24.2 Å². The first-order valence-corrected chi connectivity index (χ1v) is 7.57. The van der Waals surface area contributed by atoms with Crippen molar-refractivity contribution in [2.24, 2.45) is 0 Å². The highest BCUT2D eigenvalue weighted by molar-refractivity contribution is 5.91. The molecule has 0 fully saturated rings. The second kappa shape index (κ2) is 8.24. The zero-order valence-corrected chi connectivity index (χ0v) is 13.1. The molecule has 2 rings (SSSR count). The Morgan fingerprint density at radius 1 is 1.09 bits per heavy atom. The molecular formula is C17H22N4O. The van der Waals surface area contributed by atoms with Crippen LogP contribution in [0.15, 0.2) is 42.9 Å². The van der Waals surface area contributed by atoms with Gasteiger partial charge in [0.25, 0.3) is 5.91 Å². The van der Waals surface area contributed by atoms with Gasteiger partial charge in [-0.3, -0.25) is 14.7 Å². The van der Waals surface area contributed by atoms with E-state index < -0.39 is 0 Å². The van der Waals surface area contributed by atoms with E-state index in [1.54, 1.807) is 6.20 Å². The number of aromatic nitrogens is 2. The Hall–Kier alpha value is -2.27. The molecule has 0 saturated heterocycles. The Bertz CT molecular complexity index is 579. The van der Waals surface area contributed by atoms with E-state index in [1.165, 1.54) is 18.0 Å². The van der Waals surface area contributed by atoms with Crippen LogP contribution in [0.5, 0.6) is 0 Å². The average molecular weight is 298 g/mol. The summed E-state index contributed by atoms with van der Waals surface area (Å²) in [6.45, 7) is 7.87. The minimum absolute atomic E-state index is 0.208. The average Bonchev–Trinajstić information content (AvgIpc) is 2.59. The molecule has 0 unspecified atom stereocenters. The summed E-state index contributed by atoms with van der Waals surface area (Å²) in [5.74, 6) is -0.208. The molecule has 5 heteroatoms. The summed E-state index contributed by atoms with van der Waals surface area (Å²) < 4.78 is 0. The summed E-state index contributed by atoms with van der Waals surface area (Å²) in [6, 6.07) is 8.33. The maximum atomic E-state index is 11.9. The highest BCUT2D eigenvalue weighted by Gasteiger charge is 2.06. The van der Waals surface area contributed by atoms with Gasteiger partial charge >= 0.3 is 0 Å². The summed E-state index contributed by atoms with van der Waals surface area (Å²) >= 11 is 0. The third-order valence-electron chi connectivity index (χ3n) is 3.57. The van der Waals surface area contributed by atoms with Crippen molar-refractivity contribution in [3.63, 3.8) is 0 Å². The van der Waals surface area contributed by atoms with Crippen molar-refractivity contribution in [3.8, 4) is 0 Å². The van der Waals surface area contributed by atoms with Gasteiger partial charge in [0.05, 0.1) is 6.20 Å². The maximum Gasteiger partial charge on any atom is 0.271 e. The molecule has 5 nitrogen and oxygen atoms in total. The van der Waals surface area contributed by atoms with Gasteiger partial charge in [0.15, 0.2) is 0 Å². The Kier molecular flexibility index (Phi) is 6.03. The van der Waals surface area contributed by atoms with Gasteiger partial charge in [0.1, 0.15) is 5.69 Å². The lowest BCUT2D eigenvalue weighted by Gasteiger charge is -2.18. The number of rotatable bonds is 7. The molecule has 1 amide bonds. The van der Waals surface area contributed by atoms with Crippen LogP contribution in [0.4, 0.5) is 0 Å². The van der Waals surface area contributed by atoms with Crippen molar-refractivity contribution in [3.05, 3.63) is 59.7 Å². The lowest BCUT2D eigenvalue weighted by molar-refractivity contribution is 0.0945. The highest BCUT2D eigenvalue weighted by Crippen LogP contribution is 2.07. The first-order valence-electron chi connectivity index (χ1n) is 7.57. The van der Waals surface area contributed by atoms with Crippen LogP contribution in [-0.4, -0.2) is 33.9 Å². The minimum atomic E-state index is -0.208. The fourth-order valence-corrected chi connectivity index (χ4v) is 2.16. The third-order valence-corrected chi connectivity index (χ3v) is 3.57. The molecule has 1 aromatic heterocycles. The molecule has 0 spiro atoms. The highest BCUT2D eigenvalue weighted by atomic mass is 16.1. The number of hydrogen-bond donors (Lipinski definition) is 1. The number of carbonyl (C=O) groups is 1. The van der Waals surface area contributed by atoms with Crippen LogP contribution >= 0.6 is 0 Å². The van der Waals surface area contributed by atoms with Gasteiger partial charge in [0, 0.05) is 25.5 Å². The molecule has 0 radical (unpaired) electrons. The van der Waals surface area contributed by atoms with E-state index in [0.717, 1.165) is 25.2 Å². The molecule has 0 aliphatic heterocycles. The molecule has 0 aliphatic carbocycles. The Morgan fingerprint density at radius 2 is 1.77 bits per heavy atom. The fraction of sp³-hybridized carbons (Fsp3) is 0.353. The number of carbonyl (C=O) groups excluding carboxylic acids is 1. The van der Waals surface area contributed by atoms with E-state index >= 15 is 0 Å². The van der Waals surface area contributed by atoms with Crippen molar-refractivity contribution in [1.29, 1.82) is 0 Å². The summed E-state index contributed by atoms with van der Waals surface area (Å²) in [4.78, 5) is 22.1. The number of benzene rings is 1. The molecule has 0 atom stereocenters.